The molecule has 0 bridgehead atoms. The topological polar surface area (TPSA) is 0 Å². The van der Waals surface area contributed by atoms with E-state index in [1.807, 2.05) is 0 Å². The molecule has 0 aliphatic carbocycles. The molecule has 45 valence electrons. The summed E-state index contributed by atoms with van der Waals surface area (Å²) in [4.78, 5) is 0. The molecule has 9 heavy (non-hydrogen) atoms. The molecule has 0 aromatic heterocycles. The second kappa shape index (κ2) is 2.68. The van der Waals surface area contributed by atoms with Gasteiger partial charge in [0.2, 0.25) is 0 Å². The van der Waals surface area contributed by atoms with Gasteiger partial charge in [0, 0.05) is 0 Å². The molecule has 0 nitrogen and oxygen atoms in total. The van der Waals surface area contributed by atoms with E-state index >= 15 is 0 Å². The fraction of sp³-hybridized carbons (Fsp3) is 0.250. The summed E-state index contributed by atoms with van der Waals surface area (Å²) >= 11 is 2.12. The average molecular weight is 153 g/mol. The maximum absolute atomic E-state index is 2.19. The van der Waals surface area contributed by atoms with Gasteiger partial charge in [0.15, 0.2) is 0 Å². The van der Waals surface area contributed by atoms with Gasteiger partial charge >= 0.3 is 67.5 Å². The second-order valence-electron chi connectivity index (χ2n) is 2.38. The predicted molar refractivity (Wildman–Crippen MR) is 35.6 cm³/mol. The fourth-order valence-corrected chi connectivity index (χ4v) is 1.69. The molecule has 1 aromatic rings. The van der Waals surface area contributed by atoms with E-state index in [4.69, 9.17) is 0 Å². The summed E-state index contributed by atoms with van der Waals surface area (Å²) < 4.78 is 1.35. The molecule has 0 unspecified atom stereocenters. The first kappa shape index (κ1) is 7.05. The summed E-state index contributed by atoms with van der Waals surface area (Å²) in [6.07, 6.45) is 0. The summed E-state index contributed by atoms with van der Waals surface area (Å²) in [6, 6.07) is 6.56. The SMILES string of the molecule is Cc1cc(C)c[c]([Ti])c1. The maximum atomic E-state index is 2.19. The first-order chi connectivity index (χ1) is 4.18. The fourth-order valence-electron chi connectivity index (χ4n) is 0.975. The Kier molecular flexibility index (Phi) is 2.10. The number of hydrogen-bond acceptors (Lipinski definition) is 0. The first-order valence-electron chi connectivity index (χ1n) is 2.98. The molecular formula is C8H9Ti. The Morgan fingerprint density at radius 2 is 1.44 bits per heavy atom. The van der Waals surface area contributed by atoms with Crippen molar-refractivity contribution in [3.05, 3.63) is 29.3 Å². The molecule has 0 aliphatic heterocycles. The molecule has 0 atom stereocenters. The Morgan fingerprint density at radius 1 is 1.00 bits per heavy atom. The molecule has 0 fully saturated rings. The minimum absolute atomic E-state index is 1.35. The molecule has 0 saturated heterocycles. The number of aryl methyl sites for hydroxylation is 2. The molecule has 0 saturated carbocycles. The van der Waals surface area contributed by atoms with E-state index in [-0.39, 0.29) is 0 Å². The van der Waals surface area contributed by atoms with E-state index in [1.54, 1.807) is 0 Å². The first-order valence-corrected chi connectivity index (χ1v) is 3.76. The van der Waals surface area contributed by atoms with Gasteiger partial charge in [-0.25, -0.2) is 0 Å². The van der Waals surface area contributed by atoms with Crippen molar-refractivity contribution in [3.8, 4) is 0 Å². The molecule has 0 amide bonds. The predicted octanol–water partition coefficient (Wildman–Crippen LogP) is 1.48. The molecular weight excluding hydrogens is 144 g/mol. The standard InChI is InChI=1S/C8H9.Ti/c1-7-4-3-5-8(2)6-7;/h4-6H,1-2H3;. The van der Waals surface area contributed by atoms with Crippen molar-refractivity contribution in [2.75, 3.05) is 0 Å². The van der Waals surface area contributed by atoms with Crippen LogP contribution in [-0.4, -0.2) is 0 Å². The Morgan fingerprint density at radius 3 is 1.78 bits per heavy atom. The van der Waals surface area contributed by atoms with Gasteiger partial charge in [-0.1, -0.05) is 0 Å². The summed E-state index contributed by atoms with van der Waals surface area (Å²) in [5.41, 5.74) is 2.71. The normalized spacial score (nSPS) is 9.44. The van der Waals surface area contributed by atoms with Crippen LogP contribution in [0.3, 0.4) is 0 Å². The van der Waals surface area contributed by atoms with Gasteiger partial charge in [0.05, 0.1) is 0 Å². The number of benzene rings is 1. The van der Waals surface area contributed by atoms with Crippen LogP contribution in [0.25, 0.3) is 0 Å². The molecule has 0 spiro atoms. The van der Waals surface area contributed by atoms with Crippen LogP contribution in [0, 0.1) is 13.8 Å². The van der Waals surface area contributed by atoms with Crippen LogP contribution in [0.5, 0.6) is 0 Å². The van der Waals surface area contributed by atoms with Crippen LogP contribution in [0.2, 0.25) is 0 Å². The van der Waals surface area contributed by atoms with Gasteiger partial charge in [0.25, 0.3) is 0 Å². The molecule has 0 aliphatic rings. The van der Waals surface area contributed by atoms with Crippen molar-refractivity contribution in [2.24, 2.45) is 0 Å². The summed E-state index contributed by atoms with van der Waals surface area (Å²) in [5, 5.41) is 0. The van der Waals surface area contributed by atoms with E-state index < -0.39 is 0 Å². The van der Waals surface area contributed by atoms with Crippen molar-refractivity contribution in [1.82, 2.24) is 0 Å². The monoisotopic (exact) mass is 153 g/mol. The zero-order chi connectivity index (χ0) is 6.85. The third-order valence-corrected chi connectivity index (χ3v) is 1.67. The Balaban J connectivity index is 3.17. The van der Waals surface area contributed by atoms with Gasteiger partial charge in [-0.15, -0.1) is 0 Å². The third-order valence-electron chi connectivity index (χ3n) is 1.22. The van der Waals surface area contributed by atoms with Crippen LogP contribution in [0.15, 0.2) is 18.2 Å². The van der Waals surface area contributed by atoms with Gasteiger partial charge in [-0.2, -0.15) is 0 Å². The number of hydrogen-bond donors (Lipinski definition) is 0. The Bertz CT molecular complexity index is 165. The van der Waals surface area contributed by atoms with Crippen LogP contribution in [0.4, 0.5) is 0 Å². The molecule has 0 radical (unpaired) electrons. The van der Waals surface area contributed by atoms with Crippen LogP contribution in [0.1, 0.15) is 11.1 Å². The van der Waals surface area contributed by atoms with Crippen LogP contribution >= 0.6 is 0 Å². The van der Waals surface area contributed by atoms with Crippen molar-refractivity contribution in [2.45, 2.75) is 13.8 Å². The van der Waals surface area contributed by atoms with Gasteiger partial charge in [-0.05, 0) is 0 Å². The second-order valence-corrected chi connectivity index (χ2v) is 3.28. The van der Waals surface area contributed by atoms with Gasteiger partial charge < -0.3 is 0 Å². The van der Waals surface area contributed by atoms with Crippen molar-refractivity contribution in [1.29, 1.82) is 0 Å². The van der Waals surface area contributed by atoms with Crippen molar-refractivity contribution in [3.63, 3.8) is 0 Å². The van der Waals surface area contributed by atoms with Crippen LogP contribution < -0.4 is 3.87 Å². The average Bonchev–Trinajstić information content (AvgIpc) is 1.59. The van der Waals surface area contributed by atoms with Crippen LogP contribution in [-0.2, 0) is 20.4 Å². The van der Waals surface area contributed by atoms with E-state index in [0.717, 1.165) is 0 Å². The van der Waals surface area contributed by atoms with Gasteiger partial charge in [-0.3, -0.25) is 0 Å². The summed E-state index contributed by atoms with van der Waals surface area (Å²) in [6.45, 7) is 4.25. The Labute approximate surface area is 67.7 Å². The molecule has 1 rings (SSSR count). The number of rotatable bonds is 0. The zero-order valence-electron chi connectivity index (χ0n) is 5.73. The summed E-state index contributed by atoms with van der Waals surface area (Å²) in [7, 11) is 0. The van der Waals surface area contributed by atoms with E-state index in [2.05, 4.69) is 52.5 Å². The van der Waals surface area contributed by atoms with Crippen molar-refractivity contribution >= 4 is 3.87 Å². The quantitative estimate of drug-likeness (QED) is 0.495. The van der Waals surface area contributed by atoms with E-state index in [0.29, 0.717) is 0 Å². The zero-order valence-corrected chi connectivity index (χ0v) is 7.29. The summed E-state index contributed by atoms with van der Waals surface area (Å²) in [5.74, 6) is 0. The molecule has 0 N–H and O–H groups in total. The molecule has 1 aromatic carbocycles. The van der Waals surface area contributed by atoms with E-state index in [1.165, 1.54) is 15.0 Å². The third kappa shape index (κ3) is 1.96. The Hall–Kier alpha value is -0.0657. The van der Waals surface area contributed by atoms with Crippen molar-refractivity contribution < 1.29 is 20.4 Å². The molecule has 1 heteroatoms. The molecule has 0 heterocycles. The van der Waals surface area contributed by atoms with E-state index in [9.17, 15) is 0 Å². The van der Waals surface area contributed by atoms with Gasteiger partial charge in [0.1, 0.15) is 0 Å². The minimum atomic E-state index is 1.35.